The van der Waals surface area contributed by atoms with Crippen molar-refractivity contribution in [2.75, 3.05) is 37.7 Å². The van der Waals surface area contributed by atoms with E-state index in [1.54, 1.807) is 12.1 Å². The van der Waals surface area contributed by atoms with Crippen LogP contribution in [0.2, 0.25) is 0 Å². The van der Waals surface area contributed by atoms with Crippen LogP contribution in [0.15, 0.2) is 53.5 Å². The third-order valence-corrected chi connectivity index (χ3v) is 5.65. The molecule has 3 rings (SSSR count). The van der Waals surface area contributed by atoms with Crippen LogP contribution in [-0.2, 0) is 6.54 Å². The number of aliphatic hydroxyl groups excluding tert-OH is 1. The van der Waals surface area contributed by atoms with Gasteiger partial charge in [-0.15, -0.1) is 24.0 Å². The minimum absolute atomic E-state index is 0. The zero-order chi connectivity index (χ0) is 22.8. The van der Waals surface area contributed by atoms with Crippen LogP contribution in [0, 0.1) is 11.7 Å². The van der Waals surface area contributed by atoms with Crippen molar-refractivity contribution >= 4 is 35.6 Å². The highest BCUT2D eigenvalue weighted by Crippen LogP contribution is 2.23. The Kier molecular flexibility index (Phi) is 11.7. The second-order valence-corrected chi connectivity index (χ2v) is 8.24. The third-order valence-electron chi connectivity index (χ3n) is 5.65. The van der Waals surface area contributed by atoms with Gasteiger partial charge in [0.25, 0.3) is 0 Å². The van der Waals surface area contributed by atoms with E-state index in [2.05, 4.69) is 44.8 Å². The molecule has 0 amide bonds. The first-order valence-electron chi connectivity index (χ1n) is 11.5. The summed E-state index contributed by atoms with van der Waals surface area (Å²) in [5.74, 6) is 1.55. The number of halogens is 2. The lowest BCUT2D eigenvalue weighted by Crippen LogP contribution is -2.41. The molecule has 8 heteroatoms. The van der Waals surface area contributed by atoms with Crippen molar-refractivity contribution in [2.24, 2.45) is 10.9 Å². The number of aliphatic imine (C=N–C) groups is 1. The standard InChI is InChI=1S/C25H35FN4O2.HI/c1-3-27-25(28-16-19(2)32-24-10-6-22(26)7-11-24)29-17-20-4-8-23(9-5-20)30-14-12-21(18-31)13-15-30;/h4-11,19,21,31H,3,12-18H2,1-2H3,(H2,27,28,29);1H. The number of benzene rings is 2. The molecule has 1 aliphatic rings. The summed E-state index contributed by atoms with van der Waals surface area (Å²) in [4.78, 5) is 7.07. The van der Waals surface area contributed by atoms with Crippen molar-refractivity contribution < 1.29 is 14.2 Å². The SMILES string of the molecule is CCNC(=NCc1ccc(N2CCC(CO)CC2)cc1)NCC(C)Oc1ccc(F)cc1.I. The predicted octanol–water partition coefficient (Wildman–Crippen LogP) is 4.18. The van der Waals surface area contributed by atoms with Crippen LogP contribution in [0.25, 0.3) is 0 Å². The zero-order valence-electron chi connectivity index (χ0n) is 19.5. The Bertz CT molecular complexity index is 840. The largest absolute Gasteiger partial charge is 0.489 e. The molecule has 0 radical (unpaired) electrons. The van der Waals surface area contributed by atoms with Gasteiger partial charge in [-0.3, -0.25) is 0 Å². The summed E-state index contributed by atoms with van der Waals surface area (Å²) in [7, 11) is 0. The van der Waals surface area contributed by atoms with Gasteiger partial charge in [0.15, 0.2) is 5.96 Å². The Hall–Kier alpha value is -2.07. The number of hydrogen-bond acceptors (Lipinski definition) is 4. The second kappa shape index (κ2) is 14.2. The molecular formula is C25H36FIN4O2. The zero-order valence-corrected chi connectivity index (χ0v) is 21.8. The van der Waals surface area contributed by atoms with E-state index in [1.807, 2.05) is 13.8 Å². The predicted molar refractivity (Wildman–Crippen MR) is 143 cm³/mol. The van der Waals surface area contributed by atoms with Crippen LogP contribution < -0.4 is 20.3 Å². The van der Waals surface area contributed by atoms with Gasteiger partial charge < -0.3 is 25.4 Å². The summed E-state index contributed by atoms with van der Waals surface area (Å²) in [6, 6.07) is 14.6. The minimum Gasteiger partial charge on any atom is -0.489 e. The molecule has 1 fully saturated rings. The molecule has 2 aromatic carbocycles. The monoisotopic (exact) mass is 570 g/mol. The van der Waals surface area contributed by atoms with Gasteiger partial charge in [0.05, 0.1) is 13.1 Å². The minimum atomic E-state index is -0.274. The second-order valence-electron chi connectivity index (χ2n) is 8.24. The molecule has 1 saturated heterocycles. The summed E-state index contributed by atoms with van der Waals surface area (Å²) in [5, 5.41) is 15.9. The van der Waals surface area contributed by atoms with Gasteiger partial charge >= 0.3 is 0 Å². The van der Waals surface area contributed by atoms with Crippen molar-refractivity contribution in [1.82, 2.24) is 10.6 Å². The Morgan fingerprint density at radius 2 is 1.79 bits per heavy atom. The first-order chi connectivity index (χ1) is 15.6. The van der Waals surface area contributed by atoms with Gasteiger partial charge in [0, 0.05) is 31.9 Å². The van der Waals surface area contributed by atoms with Crippen LogP contribution in [0.5, 0.6) is 5.75 Å². The van der Waals surface area contributed by atoms with Crippen LogP contribution in [0.1, 0.15) is 32.3 Å². The van der Waals surface area contributed by atoms with Crippen molar-refractivity contribution in [3.05, 3.63) is 59.9 Å². The Morgan fingerprint density at radius 3 is 2.39 bits per heavy atom. The Balaban J connectivity index is 0.00000385. The van der Waals surface area contributed by atoms with E-state index in [1.165, 1.54) is 17.8 Å². The van der Waals surface area contributed by atoms with E-state index in [0.717, 1.165) is 44.0 Å². The number of nitrogens with zero attached hydrogens (tertiary/aromatic N) is 2. The van der Waals surface area contributed by atoms with Gasteiger partial charge in [-0.1, -0.05) is 12.1 Å². The molecule has 0 saturated carbocycles. The van der Waals surface area contributed by atoms with E-state index >= 15 is 0 Å². The van der Waals surface area contributed by atoms with E-state index in [4.69, 9.17) is 4.74 Å². The molecule has 3 N–H and O–H groups in total. The lowest BCUT2D eigenvalue weighted by molar-refractivity contribution is 0.203. The molecule has 33 heavy (non-hydrogen) atoms. The van der Waals surface area contributed by atoms with Gasteiger partial charge in [-0.2, -0.15) is 0 Å². The molecule has 1 aliphatic heterocycles. The molecule has 1 unspecified atom stereocenters. The lowest BCUT2D eigenvalue weighted by Gasteiger charge is -2.32. The molecular weight excluding hydrogens is 534 g/mol. The molecule has 2 aromatic rings. The quantitative estimate of drug-likeness (QED) is 0.240. The fourth-order valence-corrected chi connectivity index (χ4v) is 3.73. The van der Waals surface area contributed by atoms with Crippen molar-refractivity contribution in [1.29, 1.82) is 0 Å². The first-order valence-corrected chi connectivity index (χ1v) is 11.5. The smallest absolute Gasteiger partial charge is 0.191 e. The highest BCUT2D eigenvalue weighted by Gasteiger charge is 2.18. The molecule has 6 nitrogen and oxygen atoms in total. The highest BCUT2D eigenvalue weighted by molar-refractivity contribution is 14.0. The average Bonchev–Trinajstić information content (AvgIpc) is 2.83. The molecule has 0 bridgehead atoms. The summed E-state index contributed by atoms with van der Waals surface area (Å²) in [6.07, 6.45) is 1.99. The number of anilines is 1. The van der Waals surface area contributed by atoms with E-state index in [-0.39, 0.29) is 35.9 Å². The molecule has 0 spiro atoms. The number of guanidine groups is 1. The molecule has 1 atom stereocenters. The summed E-state index contributed by atoms with van der Waals surface area (Å²) in [5.41, 5.74) is 2.37. The number of ether oxygens (including phenoxy) is 1. The summed E-state index contributed by atoms with van der Waals surface area (Å²) in [6.45, 7) is 8.20. The fraction of sp³-hybridized carbons (Fsp3) is 0.480. The van der Waals surface area contributed by atoms with Crippen LogP contribution in [-0.4, -0.2) is 50.0 Å². The Morgan fingerprint density at radius 1 is 1.12 bits per heavy atom. The van der Waals surface area contributed by atoms with Crippen molar-refractivity contribution in [2.45, 2.75) is 39.3 Å². The van der Waals surface area contributed by atoms with Gasteiger partial charge in [-0.05, 0) is 74.6 Å². The molecule has 0 aromatic heterocycles. The molecule has 0 aliphatic carbocycles. The van der Waals surface area contributed by atoms with Crippen LogP contribution in [0.4, 0.5) is 10.1 Å². The van der Waals surface area contributed by atoms with E-state index in [9.17, 15) is 9.50 Å². The van der Waals surface area contributed by atoms with Gasteiger partial charge in [0.1, 0.15) is 17.7 Å². The molecule has 1 heterocycles. The summed E-state index contributed by atoms with van der Waals surface area (Å²) >= 11 is 0. The van der Waals surface area contributed by atoms with Crippen molar-refractivity contribution in [3.8, 4) is 5.75 Å². The fourth-order valence-electron chi connectivity index (χ4n) is 3.73. The number of nitrogens with one attached hydrogen (secondary N) is 2. The maximum Gasteiger partial charge on any atom is 0.191 e. The van der Waals surface area contributed by atoms with Gasteiger partial charge in [0.2, 0.25) is 0 Å². The number of piperidine rings is 1. The lowest BCUT2D eigenvalue weighted by atomic mass is 9.97. The third kappa shape index (κ3) is 9.00. The number of rotatable bonds is 9. The maximum atomic E-state index is 13.0. The first kappa shape index (κ1) is 27.2. The van der Waals surface area contributed by atoms with Crippen LogP contribution >= 0.6 is 24.0 Å². The molecule has 182 valence electrons. The average molecular weight is 570 g/mol. The van der Waals surface area contributed by atoms with Crippen LogP contribution in [0.3, 0.4) is 0 Å². The number of hydrogen-bond donors (Lipinski definition) is 3. The number of aliphatic hydroxyl groups is 1. The normalized spacial score (nSPS) is 15.5. The van der Waals surface area contributed by atoms with Gasteiger partial charge in [-0.25, -0.2) is 9.38 Å². The maximum absolute atomic E-state index is 13.0. The van der Waals surface area contributed by atoms with E-state index < -0.39 is 0 Å². The highest BCUT2D eigenvalue weighted by atomic mass is 127. The van der Waals surface area contributed by atoms with E-state index in [0.29, 0.717) is 31.4 Å². The van der Waals surface area contributed by atoms with Crippen molar-refractivity contribution in [3.63, 3.8) is 0 Å². The Labute approximate surface area is 213 Å². The summed E-state index contributed by atoms with van der Waals surface area (Å²) < 4.78 is 18.8. The topological polar surface area (TPSA) is 69.1 Å².